The summed E-state index contributed by atoms with van der Waals surface area (Å²) in [7, 11) is 0. The van der Waals surface area contributed by atoms with Gasteiger partial charge in [0.15, 0.2) is 0 Å². The molecule has 0 aliphatic carbocycles. The average Bonchev–Trinajstić information content (AvgIpc) is 2.56. The number of aryl methyl sites for hydroxylation is 2. The summed E-state index contributed by atoms with van der Waals surface area (Å²) in [6.07, 6.45) is 1.74. The predicted molar refractivity (Wildman–Crippen MR) is 63.6 cm³/mol. The molecule has 0 amide bonds. The molecule has 4 heteroatoms. The molecule has 2 aromatic rings. The molecule has 0 aliphatic rings. The lowest BCUT2D eigenvalue weighted by atomic mass is 10.2. The summed E-state index contributed by atoms with van der Waals surface area (Å²) in [4.78, 5) is 4.11. The van der Waals surface area contributed by atoms with Crippen LogP contribution in [-0.4, -0.2) is 14.8 Å². The third-order valence-electron chi connectivity index (χ3n) is 1.95. The molecule has 1 aromatic carbocycles. The first-order valence-corrected chi connectivity index (χ1v) is 5.39. The summed E-state index contributed by atoms with van der Waals surface area (Å²) < 4.78 is 2.99. The molecular formula is C10H10IN3. The molecule has 0 N–H and O–H groups in total. The standard InChI is InChI=1S/C10H10IN3/c1-7-3-4-9(11)10(5-7)14-6-12-8(2)13-14/h3-6H,1-2H3. The van der Waals surface area contributed by atoms with E-state index in [1.165, 1.54) is 9.13 Å². The molecule has 0 spiro atoms. The minimum Gasteiger partial charge on any atom is -0.220 e. The number of aromatic nitrogens is 3. The Balaban J connectivity index is 2.55. The second-order valence-corrected chi connectivity index (χ2v) is 4.35. The molecule has 2 rings (SSSR count). The number of hydrogen-bond donors (Lipinski definition) is 0. The Morgan fingerprint density at radius 1 is 1.29 bits per heavy atom. The van der Waals surface area contributed by atoms with Crippen molar-refractivity contribution in [1.29, 1.82) is 0 Å². The van der Waals surface area contributed by atoms with E-state index < -0.39 is 0 Å². The Kier molecular flexibility index (Phi) is 2.54. The monoisotopic (exact) mass is 299 g/mol. The van der Waals surface area contributed by atoms with Gasteiger partial charge in [-0.1, -0.05) is 6.07 Å². The lowest BCUT2D eigenvalue weighted by Gasteiger charge is -2.04. The van der Waals surface area contributed by atoms with Crippen molar-refractivity contribution in [2.24, 2.45) is 0 Å². The van der Waals surface area contributed by atoms with Gasteiger partial charge in [0.05, 0.1) is 5.69 Å². The highest BCUT2D eigenvalue weighted by molar-refractivity contribution is 14.1. The highest BCUT2D eigenvalue weighted by Gasteiger charge is 2.03. The predicted octanol–water partition coefficient (Wildman–Crippen LogP) is 2.49. The fourth-order valence-electron chi connectivity index (χ4n) is 1.26. The molecule has 0 saturated heterocycles. The third-order valence-corrected chi connectivity index (χ3v) is 2.87. The van der Waals surface area contributed by atoms with Gasteiger partial charge in [0.1, 0.15) is 12.2 Å². The van der Waals surface area contributed by atoms with Gasteiger partial charge in [-0.3, -0.25) is 0 Å². The molecule has 0 saturated carbocycles. The summed E-state index contributed by atoms with van der Waals surface area (Å²) in [5.74, 6) is 0.794. The average molecular weight is 299 g/mol. The summed E-state index contributed by atoms with van der Waals surface area (Å²) in [5.41, 5.74) is 2.32. The fraction of sp³-hybridized carbons (Fsp3) is 0.200. The maximum absolute atomic E-state index is 4.28. The van der Waals surface area contributed by atoms with Gasteiger partial charge in [0, 0.05) is 3.57 Å². The molecule has 1 heterocycles. The van der Waals surface area contributed by atoms with Gasteiger partial charge in [0.25, 0.3) is 0 Å². The molecule has 0 unspecified atom stereocenters. The van der Waals surface area contributed by atoms with Crippen LogP contribution in [0.1, 0.15) is 11.4 Å². The molecule has 0 aliphatic heterocycles. The molecular weight excluding hydrogens is 289 g/mol. The van der Waals surface area contributed by atoms with Crippen LogP contribution in [0.2, 0.25) is 0 Å². The van der Waals surface area contributed by atoms with Crippen LogP contribution in [0.4, 0.5) is 0 Å². The number of nitrogens with zero attached hydrogens (tertiary/aromatic N) is 3. The van der Waals surface area contributed by atoms with Crippen molar-refractivity contribution in [2.75, 3.05) is 0 Å². The quantitative estimate of drug-likeness (QED) is 0.757. The van der Waals surface area contributed by atoms with Crippen molar-refractivity contribution in [3.63, 3.8) is 0 Å². The van der Waals surface area contributed by atoms with E-state index in [9.17, 15) is 0 Å². The van der Waals surface area contributed by atoms with Gasteiger partial charge >= 0.3 is 0 Å². The van der Waals surface area contributed by atoms with E-state index in [4.69, 9.17) is 0 Å². The summed E-state index contributed by atoms with van der Waals surface area (Å²) >= 11 is 2.30. The van der Waals surface area contributed by atoms with Crippen LogP contribution in [0, 0.1) is 17.4 Å². The van der Waals surface area contributed by atoms with Crippen LogP contribution < -0.4 is 0 Å². The smallest absolute Gasteiger partial charge is 0.147 e. The Hall–Kier alpha value is -0.910. The van der Waals surface area contributed by atoms with Gasteiger partial charge < -0.3 is 0 Å². The SMILES string of the molecule is Cc1ccc(I)c(-n2cnc(C)n2)c1. The molecule has 0 atom stereocenters. The van der Waals surface area contributed by atoms with Crippen molar-refractivity contribution in [2.45, 2.75) is 13.8 Å². The first-order chi connectivity index (χ1) is 6.66. The number of benzene rings is 1. The molecule has 3 nitrogen and oxygen atoms in total. The van der Waals surface area contributed by atoms with Crippen LogP contribution in [0.3, 0.4) is 0 Å². The van der Waals surface area contributed by atoms with E-state index in [2.05, 4.69) is 57.8 Å². The van der Waals surface area contributed by atoms with E-state index in [1.54, 1.807) is 6.33 Å². The minimum absolute atomic E-state index is 0.794. The van der Waals surface area contributed by atoms with Crippen molar-refractivity contribution in [3.05, 3.63) is 39.5 Å². The van der Waals surface area contributed by atoms with Gasteiger partial charge in [-0.25, -0.2) is 9.67 Å². The lowest BCUT2D eigenvalue weighted by molar-refractivity contribution is 0.857. The molecule has 72 valence electrons. The van der Waals surface area contributed by atoms with Crippen molar-refractivity contribution < 1.29 is 0 Å². The normalized spacial score (nSPS) is 10.5. The summed E-state index contributed by atoms with van der Waals surface area (Å²) in [6, 6.07) is 6.28. The Morgan fingerprint density at radius 3 is 2.71 bits per heavy atom. The van der Waals surface area contributed by atoms with Crippen LogP contribution >= 0.6 is 22.6 Å². The topological polar surface area (TPSA) is 30.7 Å². The Bertz CT molecular complexity index is 462. The first-order valence-electron chi connectivity index (χ1n) is 4.31. The van der Waals surface area contributed by atoms with E-state index in [-0.39, 0.29) is 0 Å². The van der Waals surface area contributed by atoms with E-state index in [1.807, 2.05) is 11.6 Å². The van der Waals surface area contributed by atoms with Gasteiger partial charge in [0.2, 0.25) is 0 Å². The zero-order chi connectivity index (χ0) is 10.1. The highest BCUT2D eigenvalue weighted by atomic mass is 127. The molecule has 0 radical (unpaired) electrons. The molecule has 14 heavy (non-hydrogen) atoms. The van der Waals surface area contributed by atoms with E-state index >= 15 is 0 Å². The number of hydrogen-bond acceptors (Lipinski definition) is 2. The first kappa shape index (κ1) is 9.64. The number of halogens is 1. The van der Waals surface area contributed by atoms with Crippen LogP contribution in [0.5, 0.6) is 0 Å². The van der Waals surface area contributed by atoms with Crippen molar-refractivity contribution >= 4 is 22.6 Å². The zero-order valence-electron chi connectivity index (χ0n) is 8.03. The van der Waals surface area contributed by atoms with Crippen molar-refractivity contribution in [3.8, 4) is 5.69 Å². The Labute approximate surface area is 96.3 Å². The number of rotatable bonds is 1. The van der Waals surface area contributed by atoms with Gasteiger partial charge in [-0.15, -0.1) is 0 Å². The summed E-state index contributed by atoms with van der Waals surface area (Å²) in [6.45, 7) is 3.96. The second-order valence-electron chi connectivity index (χ2n) is 3.19. The second kappa shape index (κ2) is 3.68. The highest BCUT2D eigenvalue weighted by Crippen LogP contribution is 2.17. The fourth-order valence-corrected chi connectivity index (χ4v) is 1.84. The third kappa shape index (κ3) is 1.79. The zero-order valence-corrected chi connectivity index (χ0v) is 10.2. The molecule has 1 aromatic heterocycles. The largest absolute Gasteiger partial charge is 0.220 e. The van der Waals surface area contributed by atoms with Crippen LogP contribution in [0.15, 0.2) is 24.5 Å². The minimum atomic E-state index is 0.794. The Morgan fingerprint density at radius 2 is 2.07 bits per heavy atom. The van der Waals surface area contributed by atoms with Crippen molar-refractivity contribution in [1.82, 2.24) is 14.8 Å². The lowest BCUT2D eigenvalue weighted by Crippen LogP contribution is -1.98. The van der Waals surface area contributed by atoms with Crippen LogP contribution in [-0.2, 0) is 0 Å². The van der Waals surface area contributed by atoms with Gasteiger partial charge in [-0.05, 0) is 54.1 Å². The van der Waals surface area contributed by atoms with Gasteiger partial charge in [-0.2, -0.15) is 5.10 Å². The van der Waals surface area contributed by atoms with E-state index in [0.29, 0.717) is 0 Å². The van der Waals surface area contributed by atoms with Crippen LogP contribution in [0.25, 0.3) is 5.69 Å². The maximum atomic E-state index is 4.28. The molecule has 0 fully saturated rings. The maximum Gasteiger partial charge on any atom is 0.147 e. The van der Waals surface area contributed by atoms with E-state index in [0.717, 1.165) is 11.5 Å². The summed E-state index contributed by atoms with van der Waals surface area (Å²) in [5, 5.41) is 4.28. The molecule has 0 bridgehead atoms.